The maximum Gasteiger partial charge on any atom is 0.248 e. The van der Waals surface area contributed by atoms with Crippen molar-refractivity contribution in [2.24, 2.45) is 16.7 Å². The van der Waals surface area contributed by atoms with Gasteiger partial charge in [0.25, 0.3) is 0 Å². The van der Waals surface area contributed by atoms with Gasteiger partial charge in [-0.15, -0.1) is 0 Å². The number of aliphatic hydroxyl groups excluding tert-OH is 1. The number of alkyl halides is 2. The molecule has 2 rings (SSSR count). The van der Waals surface area contributed by atoms with Crippen molar-refractivity contribution in [3.05, 3.63) is 0 Å². The third-order valence-corrected chi connectivity index (χ3v) is 4.76. The van der Waals surface area contributed by atoms with E-state index in [0.717, 1.165) is 6.42 Å². The van der Waals surface area contributed by atoms with E-state index in [1.807, 2.05) is 0 Å². The van der Waals surface area contributed by atoms with Crippen molar-refractivity contribution in [1.29, 1.82) is 0 Å². The molecule has 0 radical (unpaired) electrons. The molecule has 0 saturated heterocycles. The average molecular weight is 218 g/mol. The van der Waals surface area contributed by atoms with Gasteiger partial charge in [0, 0.05) is 24.9 Å². The van der Waals surface area contributed by atoms with Crippen LogP contribution in [0.15, 0.2) is 0 Å². The zero-order valence-electron chi connectivity index (χ0n) is 9.52. The number of hydrogen-bond donors (Lipinski definition) is 1. The first-order valence-electron chi connectivity index (χ1n) is 5.82. The highest BCUT2D eigenvalue weighted by Crippen LogP contribution is 2.69. The second-order valence-corrected chi connectivity index (χ2v) is 6.01. The standard InChI is InChI=1S/C12H20F2O/c1-10(2)7-11(10,8-15)9-3-5-12(13,14)6-4-9/h9,15H,3-8H2,1-2H3. The number of rotatable bonds is 2. The van der Waals surface area contributed by atoms with Gasteiger partial charge in [-0.1, -0.05) is 13.8 Å². The topological polar surface area (TPSA) is 20.2 Å². The fraction of sp³-hybridized carbons (Fsp3) is 1.00. The molecule has 15 heavy (non-hydrogen) atoms. The smallest absolute Gasteiger partial charge is 0.248 e. The summed E-state index contributed by atoms with van der Waals surface area (Å²) in [6.07, 6.45) is 2.17. The van der Waals surface area contributed by atoms with Crippen LogP contribution < -0.4 is 0 Å². The quantitative estimate of drug-likeness (QED) is 0.754. The number of hydrogen-bond acceptors (Lipinski definition) is 1. The van der Waals surface area contributed by atoms with Gasteiger partial charge in [-0.2, -0.15) is 0 Å². The van der Waals surface area contributed by atoms with E-state index >= 15 is 0 Å². The van der Waals surface area contributed by atoms with Gasteiger partial charge >= 0.3 is 0 Å². The molecule has 2 fully saturated rings. The lowest BCUT2D eigenvalue weighted by Crippen LogP contribution is -2.33. The highest BCUT2D eigenvalue weighted by molar-refractivity contribution is 5.13. The molecule has 0 aliphatic heterocycles. The molecule has 0 aromatic rings. The summed E-state index contributed by atoms with van der Waals surface area (Å²) in [5.74, 6) is -2.15. The summed E-state index contributed by atoms with van der Waals surface area (Å²) in [6, 6.07) is 0. The zero-order valence-corrected chi connectivity index (χ0v) is 9.52. The van der Waals surface area contributed by atoms with Crippen LogP contribution in [0.2, 0.25) is 0 Å². The Kier molecular flexibility index (Phi) is 2.38. The van der Waals surface area contributed by atoms with Gasteiger partial charge in [0.05, 0.1) is 0 Å². The molecule has 0 aromatic carbocycles. The van der Waals surface area contributed by atoms with Crippen LogP contribution in [0.4, 0.5) is 8.78 Å². The van der Waals surface area contributed by atoms with Crippen molar-refractivity contribution in [2.75, 3.05) is 6.61 Å². The minimum absolute atomic E-state index is 0.00942. The molecular weight excluding hydrogens is 198 g/mol. The van der Waals surface area contributed by atoms with E-state index in [0.29, 0.717) is 18.8 Å². The molecule has 2 aliphatic rings. The van der Waals surface area contributed by atoms with Crippen molar-refractivity contribution in [1.82, 2.24) is 0 Å². The van der Waals surface area contributed by atoms with Gasteiger partial charge in [0.2, 0.25) is 5.92 Å². The van der Waals surface area contributed by atoms with Crippen molar-refractivity contribution < 1.29 is 13.9 Å². The van der Waals surface area contributed by atoms with Gasteiger partial charge in [-0.05, 0) is 30.6 Å². The molecule has 1 unspecified atom stereocenters. The molecule has 1 atom stereocenters. The van der Waals surface area contributed by atoms with Gasteiger partial charge in [0.1, 0.15) is 0 Å². The van der Waals surface area contributed by atoms with E-state index in [1.54, 1.807) is 0 Å². The first kappa shape index (κ1) is 11.3. The molecule has 1 N–H and O–H groups in total. The maximum atomic E-state index is 13.0. The Morgan fingerprint density at radius 2 is 1.67 bits per heavy atom. The van der Waals surface area contributed by atoms with Gasteiger partial charge in [0.15, 0.2) is 0 Å². The van der Waals surface area contributed by atoms with E-state index < -0.39 is 5.92 Å². The van der Waals surface area contributed by atoms with Gasteiger partial charge in [-0.3, -0.25) is 0 Å². The Bertz CT molecular complexity index is 252. The fourth-order valence-electron chi connectivity index (χ4n) is 3.43. The highest BCUT2D eigenvalue weighted by atomic mass is 19.3. The summed E-state index contributed by atoms with van der Waals surface area (Å²) >= 11 is 0. The molecule has 2 saturated carbocycles. The normalized spacial score (nSPS) is 39.0. The molecular formula is C12H20F2O. The van der Waals surface area contributed by atoms with Crippen LogP contribution >= 0.6 is 0 Å². The summed E-state index contributed by atoms with van der Waals surface area (Å²) in [7, 11) is 0. The van der Waals surface area contributed by atoms with Crippen LogP contribution in [-0.4, -0.2) is 17.6 Å². The Hall–Kier alpha value is -0.180. The summed E-state index contributed by atoms with van der Waals surface area (Å²) in [5.41, 5.74) is 0.0997. The van der Waals surface area contributed by atoms with Crippen LogP contribution in [-0.2, 0) is 0 Å². The van der Waals surface area contributed by atoms with E-state index in [2.05, 4.69) is 13.8 Å². The van der Waals surface area contributed by atoms with E-state index in [4.69, 9.17) is 0 Å². The lowest BCUT2D eigenvalue weighted by molar-refractivity contribution is -0.0617. The van der Waals surface area contributed by atoms with Gasteiger partial charge < -0.3 is 5.11 Å². The third kappa shape index (κ3) is 1.69. The molecule has 0 bridgehead atoms. The summed E-state index contributed by atoms with van der Waals surface area (Å²) in [4.78, 5) is 0. The molecule has 1 nitrogen and oxygen atoms in total. The van der Waals surface area contributed by atoms with Crippen molar-refractivity contribution in [2.45, 2.75) is 51.9 Å². The predicted octanol–water partition coefficient (Wildman–Crippen LogP) is 3.22. The largest absolute Gasteiger partial charge is 0.396 e. The summed E-state index contributed by atoms with van der Waals surface area (Å²) < 4.78 is 26.0. The lowest BCUT2D eigenvalue weighted by atomic mass is 9.73. The number of aliphatic hydroxyl groups is 1. The van der Waals surface area contributed by atoms with E-state index in [1.165, 1.54) is 0 Å². The van der Waals surface area contributed by atoms with Crippen LogP contribution in [0, 0.1) is 16.7 Å². The number of halogens is 2. The first-order chi connectivity index (χ1) is 6.83. The minimum Gasteiger partial charge on any atom is -0.396 e. The first-order valence-corrected chi connectivity index (χ1v) is 5.82. The monoisotopic (exact) mass is 218 g/mol. The van der Waals surface area contributed by atoms with Crippen LogP contribution in [0.1, 0.15) is 46.0 Å². The van der Waals surface area contributed by atoms with Crippen molar-refractivity contribution >= 4 is 0 Å². The lowest BCUT2D eigenvalue weighted by Gasteiger charge is -2.35. The SMILES string of the molecule is CC1(C)CC1(CO)C1CCC(F)(F)CC1. The molecule has 2 aliphatic carbocycles. The van der Waals surface area contributed by atoms with Crippen LogP contribution in [0.5, 0.6) is 0 Å². The summed E-state index contributed by atoms with van der Waals surface area (Å²) in [5, 5.41) is 9.49. The maximum absolute atomic E-state index is 13.0. The van der Waals surface area contributed by atoms with Crippen molar-refractivity contribution in [3.8, 4) is 0 Å². The zero-order chi connectivity index (χ0) is 11.3. The highest BCUT2D eigenvalue weighted by Gasteiger charge is 2.64. The summed E-state index contributed by atoms with van der Waals surface area (Å²) in [6.45, 7) is 4.43. The van der Waals surface area contributed by atoms with E-state index in [-0.39, 0.29) is 30.3 Å². The van der Waals surface area contributed by atoms with E-state index in [9.17, 15) is 13.9 Å². The molecule has 0 amide bonds. The second kappa shape index (κ2) is 3.16. The Morgan fingerprint density at radius 3 is 2.00 bits per heavy atom. The second-order valence-electron chi connectivity index (χ2n) is 6.01. The Balaban J connectivity index is 2.02. The predicted molar refractivity (Wildman–Crippen MR) is 54.8 cm³/mol. The third-order valence-electron chi connectivity index (χ3n) is 4.76. The van der Waals surface area contributed by atoms with Crippen LogP contribution in [0.3, 0.4) is 0 Å². The molecule has 0 aromatic heterocycles. The van der Waals surface area contributed by atoms with Crippen LogP contribution in [0.25, 0.3) is 0 Å². The molecule has 0 heterocycles. The van der Waals surface area contributed by atoms with Crippen molar-refractivity contribution in [3.63, 3.8) is 0 Å². The fourth-order valence-corrected chi connectivity index (χ4v) is 3.43. The molecule has 88 valence electrons. The Labute approximate surface area is 89.9 Å². The Morgan fingerprint density at radius 1 is 1.20 bits per heavy atom. The van der Waals surface area contributed by atoms with Gasteiger partial charge in [-0.25, -0.2) is 8.78 Å². The molecule has 3 heteroatoms. The minimum atomic E-state index is -2.45. The molecule has 0 spiro atoms. The average Bonchev–Trinajstić information content (AvgIpc) is 2.70.